The smallest absolute Gasteiger partial charge is 0.294 e. The molecule has 0 heterocycles. The minimum absolute atomic E-state index is 0.334. The summed E-state index contributed by atoms with van der Waals surface area (Å²) in [7, 11) is -7.02. The minimum atomic E-state index is -7.02. The monoisotopic (exact) mass is 502 g/mol. The summed E-state index contributed by atoms with van der Waals surface area (Å²) < 4.78 is 142. The maximum atomic E-state index is 14.7. The van der Waals surface area contributed by atoms with Crippen LogP contribution in [0.4, 0.5) is 35.1 Å². The Labute approximate surface area is 179 Å². The number of ether oxygens (including phenoxy) is 1. The first kappa shape index (κ1) is 28.5. The summed E-state index contributed by atoms with van der Waals surface area (Å²) in [6, 6.07) is 0. The van der Waals surface area contributed by atoms with E-state index in [1.165, 1.54) is 41.5 Å². The lowest BCUT2D eigenvalue weighted by Crippen LogP contribution is -2.56. The Morgan fingerprint density at radius 1 is 0.875 bits per heavy atom. The van der Waals surface area contributed by atoms with Crippen LogP contribution >= 0.6 is 0 Å². The van der Waals surface area contributed by atoms with Crippen molar-refractivity contribution in [2.45, 2.75) is 64.9 Å². The van der Waals surface area contributed by atoms with Gasteiger partial charge in [0.15, 0.2) is 5.78 Å². The SMILES string of the molecule is CC(C)(C)C1=CC(C(F)(F)C(F)(F)OC(F)(F)C(F)(F)S(=O)(=O)O)=CC(C(C)(C)C)C1=O. The van der Waals surface area contributed by atoms with Gasteiger partial charge in [0.2, 0.25) is 0 Å². The molecular formula is C18H22F8O5S. The highest BCUT2D eigenvalue weighted by molar-refractivity contribution is 7.86. The normalized spacial score (nSPS) is 20.2. The molecule has 0 radical (unpaired) electrons. The molecule has 1 aliphatic carbocycles. The molecule has 1 unspecified atom stereocenters. The summed E-state index contributed by atoms with van der Waals surface area (Å²) in [5.41, 5.74) is -4.28. The van der Waals surface area contributed by atoms with Crippen molar-refractivity contribution in [2.24, 2.45) is 16.7 Å². The molecule has 5 nitrogen and oxygen atoms in total. The van der Waals surface area contributed by atoms with Crippen LogP contribution in [0.1, 0.15) is 41.5 Å². The van der Waals surface area contributed by atoms with Gasteiger partial charge in [-0.15, -0.1) is 0 Å². The summed E-state index contributed by atoms with van der Waals surface area (Å²) >= 11 is 0. The maximum Gasteiger partial charge on any atom is 0.460 e. The van der Waals surface area contributed by atoms with Gasteiger partial charge < -0.3 is 0 Å². The Balaban J connectivity index is 3.63. The van der Waals surface area contributed by atoms with Gasteiger partial charge in [-0.3, -0.25) is 9.35 Å². The van der Waals surface area contributed by atoms with Crippen molar-refractivity contribution in [1.82, 2.24) is 0 Å². The zero-order chi connectivity index (χ0) is 25.9. The van der Waals surface area contributed by atoms with Gasteiger partial charge in [-0.2, -0.15) is 43.5 Å². The number of allylic oxidation sites excluding steroid dienone is 3. The molecule has 14 heteroatoms. The average Bonchev–Trinajstić information content (AvgIpc) is 2.49. The van der Waals surface area contributed by atoms with Gasteiger partial charge in [-0.05, 0) is 16.9 Å². The third-order valence-corrected chi connectivity index (χ3v) is 5.47. The fourth-order valence-corrected chi connectivity index (χ4v) is 3.07. The van der Waals surface area contributed by atoms with Crippen molar-refractivity contribution in [2.75, 3.05) is 0 Å². The summed E-state index contributed by atoms with van der Waals surface area (Å²) in [4.78, 5) is 12.7. The summed E-state index contributed by atoms with van der Waals surface area (Å²) in [6.45, 7) is 8.45. The van der Waals surface area contributed by atoms with Gasteiger partial charge in [0.1, 0.15) is 0 Å². The number of hydrogen-bond acceptors (Lipinski definition) is 4. The second-order valence-corrected chi connectivity index (χ2v) is 10.8. The molecule has 1 rings (SSSR count). The molecule has 0 spiro atoms. The van der Waals surface area contributed by atoms with Crippen molar-refractivity contribution < 1.29 is 57.6 Å². The Bertz CT molecular complexity index is 937. The lowest BCUT2D eigenvalue weighted by molar-refractivity contribution is -0.449. The molecule has 1 aliphatic rings. The summed E-state index contributed by atoms with van der Waals surface area (Å²) in [5.74, 6) is -7.83. The van der Waals surface area contributed by atoms with Crippen LogP contribution in [-0.4, -0.2) is 42.1 Å². The molecular weight excluding hydrogens is 480 g/mol. The largest absolute Gasteiger partial charge is 0.460 e. The molecule has 0 aromatic carbocycles. The Kier molecular flexibility index (Phi) is 6.91. The lowest BCUT2D eigenvalue weighted by Gasteiger charge is -2.38. The molecule has 0 aromatic rings. The highest BCUT2D eigenvalue weighted by Gasteiger charge is 2.74. The molecule has 1 atom stereocenters. The summed E-state index contributed by atoms with van der Waals surface area (Å²) in [6.07, 6.45) is -12.4. The zero-order valence-electron chi connectivity index (χ0n) is 17.7. The van der Waals surface area contributed by atoms with E-state index < -0.39 is 61.6 Å². The predicted octanol–water partition coefficient (Wildman–Crippen LogP) is 5.45. The molecule has 0 aliphatic heterocycles. The molecule has 0 saturated heterocycles. The van der Waals surface area contributed by atoms with E-state index in [0.717, 1.165) is 0 Å². The molecule has 0 amide bonds. The Hall–Kier alpha value is -1.54. The second-order valence-electron chi connectivity index (χ2n) is 9.34. The third kappa shape index (κ3) is 5.01. The van der Waals surface area contributed by atoms with E-state index in [0.29, 0.717) is 12.2 Å². The first-order valence-electron chi connectivity index (χ1n) is 8.87. The third-order valence-electron chi connectivity index (χ3n) is 4.58. The number of halogens is 8. The van der Waals surface area contributed by atoms with E-state index in [9.17, 15) is 48.3 Å². The van der Waals surface area contributed by atoms with Gasteiger partial charge in [0, 0.05) is 17.1 Å². The Morgan fingerprint density at radius 2 is 1.31 bits per heavy atom. The lowest BCUT2D eigenvalue weighted by atomic mass is 9.68. The highest BCUT2D eigenvalue weighted by atomic mass is 32.2. The van der Waals surface area contributed by atoms with Crippen molar-refractivity contribution in [1.29, 1.82) is 0 Å². The molecule has 32 heavy (non-hydrogen) atoms. The topological polar surface area (TPSA) is 80.7 Å². The number of alkyl halides is 8. The van der Waals surface area contributed by atoms with Crippen LogP contribution in [0.3, 0.4) is 0 Å². The molecule has 0 bridgehead atoms. The van der Waals surface area contributed by atoms with Crippen molar-refractivity contribution in [3.8, 4) is 0 Å². The zero-order valence-corrected chi connectivity index (χ0v) is 18.6. The van der Waals surface area contributed by atoms with Crippen LogP contribution in [0, 0.1) is 16.7 Å². The fourth-order valence-electron chi connectivity index (χ4n) is 2.72. The summed E-state index contributed by atoms with van der Waals surface area (Å²) in [5, 5.41) is -6.67. The molecule has 0 saturated carbocycles. The predicted molar refractivity (Wildman–Crippen MR) is 96.0 cm³/mol. The fraction of sp³-hybridized carbons (Fsp3) is 0.722. The molecule has 0 aromatic heterocycles. The first-order valence-corrected chi connectivity index (χ1v) is 10.3. The maximum absolute atomic E-state index is 14.7. The van der Waals surface area contributed by atoms with Crippen LogP contribution in [0.15, 0.2) is 23.3 Å². The van der Waals surface area contributed by atoms with Crippen molar-refractivity contribution >= 4 is 15.9 Å². The van der Waals surface area contributed by atoms with E-state index in [4.69, 9.17) is 4.55 Å². The van der Waals surface area contributed by atoms with E-state index >= 15 is 0 Å². The minimum Gasteiger partial charge on any atom is -0.294 e. The molecule has 186 valence electrons. The van der Waals surface area contributed by atoms with Crippen LogP contribution < -0.4 is 0 Å². The van der Waals surface area contributed by atoms with Gasteiger partial charge in [0.05, 0.1) is 0 Å². The number of rotatable bonds is 6. The van der Waals surface area contributed by atoms with Crippen LogP contribution in [0.25, 0.3) is 0 Å². The van der Waals surface area contributed by atoms with Crippen LogP contribution in [0.2, 0.25) is 0 Å². The average molecular weight is 502 g/mol. The number of hydrogen-bond donors (Lipinski definition) is 1. The number of ketones is 1. The molecule has 1 N–H and O–H groups in total. The van der Waals surface area contributed by atoms with E-state index in [1.807, 2.05) is 0 Å². The van der Waals surface area contributed by atoms with Crippen molar-refractivity contribution in [3.63, 3.8) is 0 Å². The number of Topliss-reactive ketones (excluding diaryl/α,β-unsaturated/α-hetero) is 1. The van der Waals surface area contributed by atoms with Gasteiger partial charge in [-0.25, -0.2) is 4.74 Å². The van der Waals surface area contributed by atoms with E-state index in [-0.39, 0.29) is 5.57 Å². The number of carbonyl (C=O) groups excluding carboxylic acids is 1. The number of carbonyl (C=O) groups is 1. The highest BCUT2D eigenvalue weighted by Crippen LogP contribution is 2.51. The van der Waals surface area contributed by atoms with Gasteiger partial charge >= 0.3 is 33.5 Å². The van der Waals surface area contributed by atoms with Gasteiger partial charge in [0.25, 0.3) is 0 Å². The van der Waals surface area contributed by atoms with Crippen LogP contribution in [0.5, 0.6) is 0 Å². The van der Waals surface area contributed by atoms with Gasteiger partial charge in [-0.1, -0.05) is 47.6 Å². The standard InChI is InChI=1S/C18H22F8O5S/c1-13(2,3)10-7-9(8-11(12(10)27)14(4,5)6)15(19,20)16(21,22)31-17(23,24)18(25,26)32(28,29)30/h7-8,10H,1-6H3,(H,28,29,30). The molecule has 0 fully saturated rings. The Morgan fingerprint density at radius 3 is 1.66 bits per heavy atom. The quantitative estimate of drug-likeness (QED) is 0.386. The second kappa shape index (κ2) is 7.76. The van der Waals surface area contributed by atoms with E-state index in [1.54, 1.807) is 0 Å². The first-order chi connectivity index (χ1) is 13.7. The van der Waals surface area contributed by atoms with Crippen LogP contribution in [-0.2, 0) is 19.6 Å². The van der Waals surface area contributed by atoms with Crippen molar-refractivity contribution in [3.05, 3.63) is 23.3 Å². The van der Waals surface area contributed by atoms with E-state index in [2.05, 4.69) is 4.74 Å².